The number of Topliss-reactive ketones (excluding diaryl/α,β-unsaturated/α-hetero) is 1. The van der Waals surface area contributed by atoms with Gasteiger partial charge in [-0.25, -0.2) is 14.4 Å². The summed E-state index contributed by atoms with van der Waals surface area (Å²) < 4.78 is 63.5. The summed E-state index contributed by atoms with van der Waals surface area (Å²) in [7, 11) is 0. The van der Waals surface area contributed by atoms with Crippen LogP contribution in [0.25, 0.3) is 11.3 Å². The van der Waals surface area contributed by atoms with E-state index in [1.807, 2.05) is 0 Å². The Hall–Kier alpha value is -2.04. The Morgan fingerprint density at radius 2 is 1.89 bits per heavy atom. The fraction of sp³-hybridized carbons (Fsp3) is 0.353. The predicted molar refractivity (Wildman–Crippen MR) is 86.3 cm³/mol. The monoisotopic (exact) mass is 400 g/mol. The average Bonchev–Trinajstić information content (AvgIpc) is 3.05. The van der Waals surface area contributed by atoms with Gasteiger partial charge in [0.05, 0.1) is 18.4 Å². The molecule has 2 fully saturated rings. The van der Waals surface area contributed by atoms with E-state index in [1.165, 1.54) is 12.1 Å². The highest BCUT2D eigenvalue weighted by Gasteiger charge is 2.44. The van der Waals surface area contributed by atoms with Crippen LogP contribution in [0.15, 0.2) is 35.5 Å². The first kappa shape index (κ1) is 18.3. The zero-order valence-corrected chi connectivity index (χ0v) is 14.4. The zero-order valence-electron chi connectivity index (χ0n) is 13.6. The molecule has 10 heteroatoms. The highest BCUT2D eigenvalue weighted by Crippen LogP contribution is 2.37. The van der Waals surface area contributed by atoms with Gasteiger partial charge >= 0.3 is 6.18 Å². The third-order valence-electron chi connectivity index (χ3n) is 4.18. The molecule has 27 heavy (non-hydrogen) atoms. The SMILES string of the molecule is O=C1C[C@H](Sc2nc(-c3ccc(F)cc3)cc(C(F)(F)F)n2)[C@@H]2CO[C@@H]1O2. The number of carbonyl (C=O) groups is 1. The molecular weight excluding hydrogens is 388 g/mol. The second-order valence-electron chi connectivity index (χ2n) is 6.09. The molecule has 3 atom stereocenters. The lowest BCUT2D eigenvalue weighted by atomic mass is 10.1. The summed E-state index contributed by atoms with van der Waals surface area (Å²) in [6.45, 7) is 0.192. The molecule has 0 amide bonds. The van der Waals surface area contributed by atoms with Gasteiger partial charge in [0.25, 0.3) is 0 Å². The Bertz CT molecular complexity index is 875. The number of thioether (sulfide) groups is 1. The first-order chi connectivity index (χ1) is 12.8. The molecule has 2 aliphatic rings. The van der Waals surface area contributed by atoms with Gasteiger partial charge in [0.1, 0.15) is 11.5 Å². The lowest BCUT2D eigenvalue weighted by molar-refractivity contribution is -0.151. The van der Waals surface area contributed by atoms with E-state index in [1.54, 1.807) is 0 Å². The lowest BCUT2D eigenvalue weighted by Crippen LogP contribution is -2.37. The van der Waals surface area contributed by atoms with Crippen LogP contribution >= 0.6 is 11.8 Å². The molecule has 5 nitrogen and oxygen atoms in total. The minimum absolute atomic E-state index is 0.0171. The zero-order chi connectivity index (χ0) is 19.2. The van der Waals surface area contributed by atoms with E-state index < -0.39 is 35.3 Å². The van der Waals surface area contributed by atoms with Gasteiger partial charge in [-0.15, -0.1) is 0 Å². The molecule has 2 bridgehead atoms. The van der Waals surface area contributed by atoms with Gasteiger partial charge in [-0.05, 0) is 30.3 Å². The molecule has 1 aromatic carbocycles. The molecule has 0 N–H and O–H groups in total. The minimum Gasteiger partial charge on any atom is -0.343 e. The number of ether oxygens (including phenoxy) is 2. The molecule has 2 aromatic rings. The Balaban J connectivity index is 1.68. The average molecular weight is 400 g/mol. The van der Waals surface area contributed by atoms with E-state index in [4.69, 9.17) is 9.47 Å². The van der Waals surface area contributed by atoms with Gasteiger partial charge in [-0.1, -0.05) is 11.8 Å². The van der Waals surface area contributed by atoms with Gasteiger partial charge < -0.3 is 9.47 Å². The van der Waals surface area contributed by atoms with Crippen molar-refractivity contribution in [3.8, 4) is 11.3 Å². The van der Waals surface area contributed by atoms with Crippen molar-refractivity contribution in [2.24, 2.45) is 0 Å². The van der Waals surface area contributed by atoms with Crippen LogP contribution in [-0.2, 0) is 20.4 Å². The predicted octanol–water partition coefficient (Wildman–Crippen LogP) is 3.48. The van der Waals surface area contributed by atoms with Crippen LogP contribution in [-0.4, -0.2) is 40.0 Å². The molecule has 0 unspecified atom stereocenters. The molecule has 0 aliphatic carbocycles. The number of alkyl halides is 3. The maximum Gasteiger partial charge on any atom is 0.433 e. The molecule has 0 saturated carbocycles. The molecule has 2 aliphatic heterocycles. The number of ketones is 1. The van der Waals surface area contributed by atoms with E-state index in [-0.39, 0.29) is 29.7 Å². The second-order valence-corrected chi connectivity index (χ2v) is 7.30. The highest BCUT2D eigenvalue weighted by atomic mass is 32.2. The van der Waals surface area contributed by atoms with Crippen LogP contribution in [0.5, 0.6) is 0 Å². The van der Waals surface area contributed by atoms with Crippen molar-refractivity contribution in [3.63, 3.8) is 0 Å². The van der Waals surface area contributed by atoms with Crippen LogP contribution in [0, 0.1) is 5.82 Å². The van der Waals surface area contributed by atoms with Gasteiger partial charge in [-0.2, -0.15) is 13.2 Å². The summed E-state index contributed by atoms with van der Waals surface area (Å²) in [4.78, 5) is 19.6. The molecule has 0 spiro atoms. The summed E-state index contributed by atoms with van der Waals surface area (Å²) in [5, 5.41) is -0.572. The van der Waals surface area contributed by atoms with Crippen LogP contribution in [0.1, 0.15) is 12.1 Å². The lowest BCUT2D eigenvalue weighted by Gasteiger charge is -2.25. The van der Waals surface area contributed by atoms with Crippen molar-refractivity contribution < 1.29 is 31.8 Å². The summed E-state index contributed by atoms with van der Waals surface area (Å²) in [5.41, 5.74) is -0.766. The minimum atomic E-state index is -4.67. The molecule has 0 radical (unpaired) electrons. The van der Waals surface area contributed by atoms with Crippen LogP contribution in [0.3, 0.4) is 0 Å². The summed E-state index contributed by atoms with van der Waals surface area (Å²) in [5.74, 6) is -0.765. The fourth-order valence-corrected chi connectivity index (χ4v) is 3.97. The van der Waals surface area contributed by atoms with Crippen LogP contribution < -0.4 is 0 Å². The van der Waals surface area contributed by atoms with Crippen molar-refractivity contribution >= 4 is 17.5 Å². The van der Waals surface area contributed by atoms with Crippen molar-refractivity contribution in [1.29, 1.82) is 0 Å². The summed E-state index contributed by atoms with van der Waals surface area (Å²) >= 11 is 0.948. The quantitative estimate of drug-likeness (QED) is 0.581. The maximum absolute atomic E-state index is 13.3. The summed E-state index contributed by atoms with van der Waals surface area (Å²) in [6.07, 6.45) is -5.87. The number of halogens is 4. The van der Waals surface area contributed by atoms with E-state index in [9.17, 15) is 22.4 Å². The number of carbonyl (C=O) groups excluding carboxylic acids is 1. The van der Waals surface area contributed by atoms with E-state index in [0.717, 1.165) is 30.0 Å². The number of hydrogen-bond donors (Lipinski definition) is 0. The Labute approximate surface area is 155 Å². The molecule has 1 aromatic heterocycles. The fourth-order valence-electron chi connectivity index (χ4n) is 2.85. The smallest absolute Gasteiger partial charge is 0.343 e. The Morgan fingerprint density at radius 3 is 2.59 bits per heavy atom. The molecule has 3 heterocycles. The van der Waals surface area contributed by atoms with Gasteiger partial charge in [-0.3, -0.25) is 4.79 Å². The Kier molecular flexibility index (Phi) is 4.65. The van der Waals surface area contributed by atoms with Gasteiger partial charge in [0.15, 0.2) is 10.9 Å². The van der Waals surface area contributed by atoms with Crippen LogP contribution in [0.4, 0.5) is 17.6 Å². The highest BCUT2D eigenvalue weighted by molar-refractivity contribution is 7.99. The number of fused-ring (bicyclic) bond motifs is 2. The third kappa shape index (κ3) is 3.83. The van der Waals surface area contributed by atoms with E-state index in [0.29, 0.717) is 5.56 Å². The summed E-state index contributed by atoms with van der Waals surface area (Å²) in [6, 6.07) is 5.78. The number of hydrogen-bond acceptors (Lipinski definition) is 6. The molecular formula is C17H12F4N2O3S. The van der Waals surface area contributed by atoms with Crippen LogP contribution in [0.2, 0.25) is 0 Å². The topological polar surface area (TPSA) is 61.3 Å². The van der Waals surface area contributed by atoms with Crippen molar-refractivity contribution in [1.82, 2.24) is 9.97 Å². The third-order valence-corrected chi connectivity index (χ3v) is 5.35. The van der Waals surface area contributed by atoms with Crippen molar-refractivity contribution in [3.05, 3.63) is 41.8 Å². The Morgan fingerprint density at radius 1 is 1.15 bits per heavy atom. The molecule has 4 rings (SSSR count). The second kappa shape index (κ2) is 6.84. The number of nitrogens with zero attached hydrogens (tertiary/aromatic N) is 2. The van der Waals surface area contributed by atoms with Crippen molar-refractivity contribution in [2.75, 3.05) is 6.61 Å². The number of rotatable bonds is 3. The molecule has 2 saturated heterocycles. The van der Waals surface area contributed by atoms with E-state index >= 15 is 0 Å². The van der Waals surface area contributed by atoms with Gasteiger partial charge in [0, 0.05) is 17.2 Å². The first-order valence-corrected chi connectivity index (χ1v) is 8.86. The van der Waals surface area contributed by atoms with E-state index in [2.05, 4.69) is 9.97 Å². The molecule has 142 valence electrons. The number of benzene rings is 1. The normalized spacial score (nSPS) is 25.0. The largest absolute Gasteiger partial charge is 0.433 e. The maximum atomic E-state index is 13.3. The van der Waals surface area contributed by atoms with Gasteiger partial charge in [0.2, 0.25) is 6.29 Å². The standard InChI is InChI=1S/C17H12F4N2O3S/c18-9-3-1-8(2-4-9)10-5-14(17(19,20)21)23-16(22-10)27-13-6-11(24)15-25-7-12(13)26-15/h1-5,12-13,15H,6-7H2/t12-,13-,15+/m0/s1. The van der Waals surface area contributed by atoms with Crippen molar-refractivity contribution in [2.45, 2.75) is 35.4 Å². The number of aromatic nitrogens is 2. The first-order valence-electron chi connectivity index (χ1n) is 7.98.